The molecule has 0 unspecified atom stereocenters. The van der Waals surface area contributed by atoms with Gasteiger partial charge < -0.3 is 4.90 Å². The number of piperidine rings is 1. The molecule has 0 aliphatic carbocycles. The van der Waals surface area contributed by atoms with Crippen LogP contribution in [0.4, 0.5) is 0 Å². The zero-order chi connectivity index (χ0) is 19.5. The van der Waals surface area contributed by atoms with Crippen molar-refractivity contribution >= 4 is 5.91 Å². The first-order valence-electron chi connectivity index (χ1n) is 9.19. The molecule has 1 aromatic heterocycles. The summed E-state index contributed by atoms with van der Waals surface area (Å²) in [7, 11) is 0. The molecule has 1 fully saturated rings. The van der Waals surface area contributed by atoms with Crippen LogP contribution in [0.25, 0.3) is 5.69 Å². The highest BCUT2D eigenvalue weighted by Crippen LogP contribution is 2.28. The Hall–Kier alpha value is -3.66. The summed E-state index contributed by atoms with van der Waals surface area (Å²) < 4.78 is 1.61. The smallest absolute Gasteiger partial charge is 0.339 e. The van der Waals surface area contributed by atoms with Crippen molar-refractivity contribution in [3.8, 4) is 11.8 Å². The van der Waals surface area contributed by atoms with Gasteiger partial charge in [-0.25, -0.2) is 14.5 Å². The van der Waals surface area contributed by atoms with E-state index in [0.717, 1.165) is 18.5 Å². The molecule has 1 aliphatic rings. The summed E-state index contributed by atoms with van der Waals surface area (Å²) in [5, 5.41) is 15.7. The number of aromatic amines is 1. The van der Waals surface area contributed by atoms with E-state index in [9.17, 15) is 9.59 Å². The molecule has 0 bridgehead atoms. The van der Waals surface area contributed by atoms with Crippen molar-refractivity contribution in [1.29, 1.82) is 5.26 Å². The molecule has 3 aromatic rings. The van der Waals surface area contributed by atoms with Gasteiger partial charge in [0.05, 0.1) is 17.3 Å². The Balaban J connectivity index is 1.48. The second-order valence-electron chi connectivity index (χ2n) is 6.81. The Morgan fingerprint density at radius 1 is 1.07 bits per heavy atom. The summed E-state index contributed by atoms with van der Waals surface area (Å²) in [6.07, 6.45) is 1.47. The van der Waals surface area contributed by atoms with Crippen LogP contribution in [-0.2, 0) is 0 Å². The predicted octanol–water partition coefficient (Wildman–Crippen LogP) is 2.45. The lowest BCUT2D eigenvalue weighted by atomic mass is 9.95. The summed E-state index contributed by atoms with van der Waals surface area (Å²) in [5.74, 6) is 0.774. The Morgan fingerprint density at radius 3 is 2.39 bits per heavy atom. The molecule has 140 valence electrons. The van der Waals surface area contributed by atoms with Gasteiger partial charge in [0, 0.05) is 24.6 Å². The van der Waals surface area contributed by atoms with Crippen LogP contribution in [0.3, 0.4) is 0 Å². The molecule has 0 spiro atoms. The fourth-order valence-corrected chi connectivity index (χ4v) is 3.62. The molecule has 1 N–H and O–H groups in total. The monoisotopic (exact) mass is 373 g/mol. The fraction of sp³-hybridized carbons (Fsp3) is 0.238. The zero-order valence-corrected chi connectivity index (χ0v) is 15.2. The van der Waals surface area contributed by atoms with E-state index in [1.807, 2.05) is 35.2 Å². The van der Waals surface area contributed by atoms with Gasteiger partial charge in [0.1, 0.15) is 5.82 Å². The number of carbonyl (C=O) groups excluding carboxylic acids is 1. The van der Waals surface area contributed by atoms with Gasteiger partial charge in [0.25, 0.3) is 5.91 Å². The van der Waals surface area contributed by atoms with Gasteiger partial charge in [0.15, 0.2) is 0 Å². The molecule has 0 atom stereocenters. The largest absolute Gasteiger partial charge is 0.347 e. The van der Waals surface area contributed by atoms with E-state index in [0.29, 0.717) is 30.0 Å². The predicted molar refractivity (Wildman–Crippen MR) is 103 cm³/mol. The van der Waals surface area contributed by atoms with E-state index in [4.69, 9.17) is 5.26 Å². The standard InChI is InChI=1S/C21H19N5O2/c22-14-15-6-8-17(9-7-15)20(27)25-12-10-16(11-13-25)19-23-24-21(28)26(19)18-4-2-1-3-5-18/h1-9,16H,10-13H2,(H,24,28). The van der Waals surface area contributed by atoms with Gasteiger partial charge in [0.2, 0.25) is 0 Å². The lowest BCUT2D eigenvalue weighted by molar-refractivity contribution is 0.0710. The van der Waals surface area contributed by atoms with Crippen LogP contribution in [0.2, 0.25) is 0 Å². The molecule has 7 heteroatoms. The summed E-state index contributed by atoms with van der Waals surface area (Å²) in [6.45, 7) is 1.19. The SMILES string of the molecule is N#Cc1ccc(C(=O)N2CCC(c3n[nH]c(=O)n3-c3ccccc3)CC2)cc1. The lowest BCUT2D eigenvalue weighted by Crippen LogP contribution is -2.38. The maximum absolute atomic E-state index is 12.7. The topological polar surface area (TPSA) is 94.8 Å². The molecular formula is C21H19N5O2. The fourth-order valence-electron chi connectivity index (χ4n) is 3.62. The lowest BCUT2D eigenvalue weighted by Gasteiger charge is -2.31. The van der Waals surface area contributed by atoms with E-state index in [2.05, 4.69) is 16.3 Å². The third-order valence-corrected chi connectivity index (χ3v) is 5.12. The maximum atomic E-state index is 12.7. The molecule has 0 saturated carbocycles. The summed E-state index contributed by atoms with van der Waals surface area (Å²) in [6, 6.07) is 18.2. The molecular weight excluding hydrogens is 354 g/mol. The highest BCUT2D eigenvalue weighted by atomic mass is 16.2. The number of carbonyl (C=O) groups is 1. The Morgan fingerprint density at radius 2 is 1.75 bits per heavy atom. The minimum absolute atomic E-state index is 0.0367. The van der Waals surface area contributed by atoms with E-state index in [1.165, 1.54) is 0 Å². The van der Waals surface area contributed by atoms with Crippen molar-refractivity contribution in [2.24, 2.45) is 0 Å². The van der Waals surface area contributed by atoms with Crippen LogP contribution >= 0.6 is 0 Å². The molecule has 0 radical (unpaired) electrons. The van der Waals surface area contributed by atoms with Gasteiger partial charge in [-0.1, -0.05) is 18.2 Å². The zero-order valence-electron chi connectivity index (χ0n) is 15.2. The number of likely N-dealkylation sites (tertiary alicyclic amines) is 1. The molecule has 4 rings (SSSR count). The molecule has 2 heterocycles. The van der Waals surface area contributed by atoms with Gasteiger partial charge >= 0.3 is 5.69 Å². The normalized spacial score (nSPS) is 14.6. The number of hydrogen-bond donors (Lipinski definition) is 1. The van der Waals surface area contributed by atoms with Gasteiger partial charge in [-0.3, -0.25) is 4.79 Å². The number of aromatic nitrogens is 3. The number of nitriles is 1. The number of nitrogens with zero attached hydrogens (tertiary/aromatic N) is 4. The third kappa shape index (κ3) is 3.32. The van der Waals surface area contributed by atoms with E-state index in [-0.39, 0.29) is 17.5 Å². The third-order valence-electron chi connectivity index (χ3n) is 5.12. The van der Waals surface area contributed by atoms with E-state index >= 15 is 0 Å². The van der Waals surface area contributed by atoms with Gasteiger partial charge in [-0.2, -0.15) is 10.4 Å². The van der Waals surface area contributed by atoms with Crippen molar-refractivity contribution in [3.05, 3.63) is 82.0 Å². The van der Waals surface area contributed by atoms with Crippen molar-refractivity contribution < 1.29 is 4.79 Å². The first kappa shape index (κ1) is 17.7. The Labute approximate surface area is 161 Å². The molecule has 1 aliphatic heterocycles. The first-order valence-corrected chi connectivity index (χ1v) is 9.19. The Kier molecular flexibility index (Phi) is 4.77. The summed E-state index contributed by atoms with van der Waals surface area (Å²) in [5.41, 5.74) is 1.65. The highest BCUT2D eigenvalue weighted by molar-refractivity contribution is 5.94. The minimum atomic E-state index is -0.253. The van der Waals surface area contributed by atoms with E-state index in [1.54, 1.807) is 28.8 Å². The van der Waals surface area contributed by atoms with Crippen molar-refractivity contribution in [2.75, 3.05) is 13.1 Å². The average Bonchev–Trinajstić information content (AvgIpc) is 3.15. The van der Waals surface area contributed by atoms with Crippen molar-refractivity contribution in [1.82, 2.24) is 19.7 Å². The Bertz CT molecular complexity index is 1070. The number of amides is 1. The second-order valence-corrected chi connectivity index (χ2v) is 6.81. The number of rotatable bonds is 3. The number of H-pyrrole nitrogens is 1. The number of benzene rings is 2. The molecule has 2 aromatic carbocycles. The number of hydrogen-bond acceptors (Lipinski definition) is 4. The van der Waals surface area contributed by atoms with Crippen molar-refractivity contribution in [2.45, 2.75) is 18.8 Å². The van der Waals surface area contributed by atoms with E-state index < -0.39 is 0 Å². The van der Waals surface area contributed by atoms with Crippen LogP contribution in [-0.4, -0.2) is 38.7 Å². The number of para-hydroxylation sites is 1. The van der Waals surface area contributed by atoms with Crippen LogP contribution in [0.15, 0.2) is 59.4 Å². The van der Waals surface area contributed by atoms with Gasteiger partial charge in [-0.05, 0) is 49.2 Å². The summed E-state index contributed by atoms with van der Waals surface area (Å²) >= 11 is 0. The molecule has 1 amide bonds. The first-order chi connectivity index (χ1) is 13.7. The van der Waals surface area contributed by atoms with Gasteiger partial charge in [-0.15, -0.1) is 0 Å². The van der Waals surface area contributed by atoms with Crippen LogP contribution in [0.5, 0.6) is 0 Å². The van der Waals surface area contributed by atoms with Crippen LogP contribution in [0.1, 0.15) is 40.5 Å². The highest BCUT2D eigenvalue weighted by Gasteiger charge is 2.28. The molecule has 7 nitrogen and oxygen atoms in total. The maximum Gasteiger partial charge on any atom is 0.347 e. The number of nitrogens with one attached hydrogen (secondary N) is 1. The second kappa shape index (κ2) is 7.53. The van der Waals surface area contributed by atoms with Crippen molar-refractivity contribution in [3.63, 3.8) is 0 Å². The molecule has 28 heavy (non-hydrogen) atoms. The van der Waals surface area contributed by atoms with Crippen LogP contribution in [0, 0.1) is 11.3 Å². The average molecular weight is 373 g/mol. The van der Waals surface area contributed by atoms with Crippen LogP contribution < -0.4 is 5.69 Å². The summed E-state index contributed by atoms with van der Waals surface area (Å²) in [4.78, 5) is 26.8. The quantitative estimate of drug-likeness (QED) is 0.763. The molecule has 1 saturated heterocycles. The minimum Gasteiger partial charge on any atom is -0.339 e.